The monoisotopic (exact) mass is 450 g/mol. The van der Waals surface area contributed by atoms with Gasteiger partial charge in [0, 0.05) is 42.9 Å². The van der Waals surface area contributed by atoms with E-state index in [1.54, 1.807) is 11.0 Å². The van der Waals surface area contributed by atoms with Crippen LogP contribution in [0, 0.1) is 10.1 Å². The van der Waals surface area contributed by atoms with E-state index in [2.05, 4.69) is 4.98 Å². The molecule has 2 heterocycles. The summed E-state index contributed by atoms with van der Waals surface area (Å²) in [5, 5.41) is 11.4. The lowest BCUT2D eigenvalue weighted by atomic mass is 10.2. The Kier molecular flexibility index (Phi) is 6.40. The Balaban J connectivity index is 0.00000256. The van der Waals surface area contributed by atoms with E-state index in [1.165, 1.54) is 35.6 Å². The van der Waals surface area contributed by atoms with Crippen molar-refractivity contribution < 1.29 is 19.2 Å². The number of aromatic nitrogens is 1. The molecule has 0 spiro atoms. The molecule has 0 N–H and O–H groups in total. The molecule has 0 fully saturated rings. The van der Waals surface area contributed by atoms with Gasteiger partial charge in [0.1, 0.15) is 0 Å². The summed E-state index contributed by atoms with van der Waals surface area (Å²) in [4.78, 5) is 31.7. The Morgan fingerprint density at radius 1 is 1.17 bits per heavy atom. The SMILES string of the molecule is CN(C)CCN(C(=O)c1ccc([N+](=O)[O-])cc1)c1nc2cc3c(cc2s1)OCO3.Cl. The number of anilines is 1. The van der Waals surface area contributed by atoms with Crippen molar-refractivity contribution in [2.24, 2.45) is 0 Å². The molecule has 1 aliphatic rings. The van der Waals surface area contributed by atoms with Gasteiger partial charge in [-0.1, -0.05) is 11.3 Å². The van der Waals surface area contributed by atoms with E-state index in [1.807, 2.05) is 25.1 Å². The van der Waals surface area contributed by atoms with Crippen LogP contribution in [0.4, 0.5) is 10.8 Å². The number of carbonyl (C=O) groups is 1. The minimum absolute atomic E-state index is 0. The molecule has 0 saturated carbocycles. The zero-order valence-electron chi connectivity index (χ0n) is 16.2. The molecule has 30 heavy (non-hydrogen) atoms. The molecule has 0 atom stereocenters. The van der Waals surface area contributed by atoms with Gasteiger partial charge in [0.25, 0.3) is 11.6 Å². The molecule has 1 aliphatic heterocycles. The lowest BCUT2D eigenvalue weighted by Crippen LogP contribution is -2.36. The van der Waals surface area contributed by atoms with Crippen LogP contribution in [0.1, 0.15) is 10.4 Å². The van der Waals surface area contributed by atoms with Crippen molar-refractivity contribution in [3.05, 3.63) is 52.1 Å². The number of thiazole rings is 1. The van der Waals surface area contributed by atoms with Gasteiger partial charge in [0.2, 0.25) is 6.79 Å². The summed E-state index contributed by atoms with van der Waals surface area (Å²) >= 11 is 1.39. The van der Waals surface area contributed by atoms with E-state index >= 15 is 0 Å². The average molecular weight is 451 g/mol. The first kappa shape index (κ1) is 21.8. The molecule has 0 bridgehead atoms. The van der Waals surface area contributed by atoms with Crippen molar-refractivity contribution in [1.29, 1.82) is 0 Å². The zero-order chi connectivity index (χ0) is 20.5. The summed E-state index contributed by atoms with van der Waals surface area (Å²) in [6, 6.07) is 9.25. The highest BCUT2D eigenvalue weighted by molar-refractivity contribution is 7.22. The normalized spacial score (nSPS) is 12.1. The molecule has 2 aromatic carbocycles. The molecule has 0 saturated heterocycles. The van der Waals surface area contributed by atoms with Crippen molar-refractivity contribution in [2.45, 2.75) is 0 Å². The van der Waals surface area contributed by atoms with Crippen LogP contribution >= 0.6 is 23.7 Å². The number of nitro benzene ring substituents is 1. The van der Waals surface area contributed by atoms with Crippen LogP contribution in [0.5, 0.6) is 11.5 Å². The number of non-ortho nitro benzene ring substituents is 1. The van der Waals surface area contributed by atoms with Gasteiger partial charge in [-0.3, -0.25) is 19.8 Å². The smallest absolute Gasteiger partial charge is 0.269 e. The summed E-state index contributed by atoms with van der Waals surface area (Å²) < 4.78 is 11.7. The lowest BCUT2D eigenvalue weighted by molar-refractivity contribution is -0.384. The number of halogens is 1. The highest BCUT2D eigenvalue weighted by Gasteiger charge is 2.24. The first-order valence-electron chi connectivity index (χ1n) is 8.83. The molecule has 158 valence electrons. The molecule has 1 amide bonds. The largest absolute Gasteiger partial charge is 0.454 e. The third-order valence-corrected chi connectivity index (χ3v) is 5.48. The second kappa shape index (κ2) is 8.82. The third-order valence-electron chi connectivity index (χ3n) is 4.44. The van der Waals surface area contributed by atoms with Crippen molar-refractivity contribution in [1.82, 2.24) is 9.88 Å². The van der Waals surface area contributed by atoms with E-state index < -0.39 is 4.92 Å². The predicted molar refractivity (Wildman–Crippen MR) is 116 cm³/mol. The van der Waals surface area contributed by atoms with E-state index in [0.717, 1.165) is 10.2 Å². The number of amides is 1. The second-order valence-corrected chi connectivity index (χ2v) is 7.74. The van der Waals surface area contributed by atoms with E-state index in [-0.39, 0.29) is 30.8 Å². The zero-order valence-corrected chi connectivity index (χ0v) is 17.9. The molecular weight excluding hydrogens is 432 g/mol. The van der Waals surface area contributed by atoms with Gasteiger partial charge in [0.15, 0.2) is 16.6 Å². The predicted octanol–water partition coefficient (Wildman–Crippen LogP) is 3.56. The number of rotatable bonds is 6. The minimum Gasteiger partial charge on any atom is -0.454 e. The van der Waals surface area contributed by atoms with Crippen LogP contribution in [-0.2, 0) is 0 Å². The minimum atomic E-state index is -0.491. The first-order chi connectivity index (χ1) is 13.9. The Bertz CT molecular complexity index is 1050. The number of likely N-dealkylation sites (N-methyl/N-ethyl adjacent to an activating group) is 1. The molecule has 9 nitrogen and oxygen atoms in total. The fourth-order valence-corrected chi connectivity index (χ4v) is 3.89. The number of hydrogen-bond acceptors (Lipinski definition) is 8. The van der Waals surface area contributed by atoms with Crippen LogP contribution in [0.3, 0.4) is 0 Å². The van der Waals surface area contributed by atoms with Crippen LogP contribution in [-0.4, -0.2) is 54.7 Å². The lowest BCUT2D eigenvalue weighted by Gasteiger charge is -2.22. The maximum Gasteiger partial charge on any atom is 0.269 e. The molecule has 0 aliphatic carbocycles. The van der Waals surface area contributed by atoms with E-state index in [9.17, 15) is 14.9 Å². The molecular formula is C19H19ClN4O5S. The maximum absolute atomic E-state index is 13.2. The number of carbonyl (C=O) groups excluding carboxylic acids is 1. The van der Waals surface area contributed by atoms with Crippen LogP contribution in [0.15, 0.2) is 36.4 Å². The number of benzene rings is 2. The molecule has 3 aromatic rings. The number of nitro groups is 1. The number of nitrogens with zero attached hydrogens (tertiary/aromatic N) is 4. The van der Waals surface area contributed by atoms with Crippen molar-refractivity contribution in [3.63, 3.8) is 0 Å². The van der Waals surface area contributed by atoms with Gasteiger partial charge in [-0.25, -0.2) is 4.98 Å². The fraction of sp³-hybridized carbons (Fsp3) is 0.263. The van der Waals surface area contributed by atoms with Crippen molar-refractivity contribution >= 4 is 50.7 Å². The number of fused-ring (bicyclic) bond motifs is 2. The fourth-order valence-electron chi connectivity index (χ4n) is 2.89. The molecule has 0 unspecified atom stereocenters. The van der Waals surface area contributed by atoms with E-state index in [4.69, 9.17) is 9.47 Å². The highest BCUT2D eigenvalue weighted by atomic mass is 35.5. The summed E-state index contributed by atoms with van der Waals surface area (Å²) in [5.74, 6) is 1.03. The first-order valence-corrected chi connectivity index (χ1v) is 9.65. The van der Waals surface area contributed by atoms with Gasteiger partial charge >= 0.3 is 0 Å². The molecule has 0 radical (unpaired) electrons. The molecule has 11 heteroatoms. The van der Waals surface area contributed by atoms with Gasteiger partial charge < -0.3 is 14.4 Å². The number of ether oxygens (including phenoxy) is 2. The summed E-state index contributed by atoms with van der Waals surface area (Å²) in [6.07, 6.45) is 0. The van der Waals surface area contributed by atoms with Crippen LogP contribution < -0.4 is 14.4 Å². The Labute approximate surface area is 182 Å². The summed E-state index contributed by atoms with van der Waals surface area (Å²) in [5.41, 5.74) is 1.03. The Hall–Kier alpha value is -2.95. The average Bonchev–Trinajstić information content (AvgIpc) is 3.31. The van der Waals surface area contributed by atoms with Gasteiger partial charge in [-0.2, -0.15) is 0 Å². The highest BCUT2D eigenvalue weighted by Crippen LogP contribution is 2.40. The standard InChI is InChI=1S/C19H18N4O5S.ClH/c1-21(2)7-8-22(18(24)12-3-5-13(6-4-12)23(25)26)19-20-14-9-15-16(28-11-27-15)10-17(14)29-19;/h3-6,9-10H,7-8,11H2,1-2H3;1H. The quantitative estimate of drug-likeness (QED) is 0.418. The topological polar surface area (TPSA) is 98.0 Å². The molecule has 1 aromatic heterocycles. The maximum atomic E-state index is 13.2. The van der Waals surface area contributed by atoms with Crippen LogP contribution in [0.25, 0.3) is 10.2 Å². The van der Waals surface area contributed by atoms with Crippen molar-refractivity contribution in [3.8, 4) is 11.5 Å². The van der Waals surface area contributed by atoms with Crippen molar-refractivity contribution in [2.75, 3.05) is 38.9 Å². The van der Waals surface area contributed by atoms with E-state index in [0.29, 0.717) is 35.3 Å². The Morgan fingerprint density at radius 3 is 2.47 bits per heavy atom. The van der Waals surface area contributed by atoms with Gasteiger partial charge in [-0.15, -0.1) is 12.4 Å². The van der Waals surface area contributed by atoms with Gasteiger partial charge in [-0.05, 0) is 26.2 Å². The summed E-state index contributed by atoms with van der Waals surface area (Å²) in [6.45, 7) is 1.25. The van der Waals surface area contributed by atoms with Gasteiger partial charge in [0.05, 0.1) is 15.1 Å². The second-order valence-electron chi connectivity index (χ2n) is 6.73. The molecule has 4 rings (SSSR count). The third kappa shape index (κ3) is 4.30. The number of hydrogen-bond donors (Lipinski definition) is 0. The summed E-state index contributed by atoms with van der Waals surface area (Å²) in [7, 11) is 3.85. The van der Waals surface area contributed by atoms with Crippen LogP contribution in [0.2, 0.25) is 0 Å². The Morgan fingerprint density at radius 2 is 1.83 bits per heavy atom.